The number of halogens is 2. The van der Waals surface area contributed by atoms with E-state index in [4.69, 9.17) is 18.6 Å². The zero-order valence-corrected chi connectivity index (χ0v) is 11.2. The second-order valence-electron chi connectivity index (χ2n) is 4.05. The first-order valence-electron chi connectivity index (χ1n) is 4.62. The van der Waals surface area contributed by atoms with E-state index in [2.05, 4.69) is 27.7 Å². The summed E-state index contributed by atoms with van der Waals surface area (Å²) < 4.78 is 3.97. The molecular weight excluding hydrogens is 215 g/mol. The molecule has 0 atom stereocenters. The maximum atomic E-state index is 6.74. The van der Waals surface area contributed by atoms with Crippen LogP contribution in [0.1, 0.15) is 27.7 Å². The first-order valence-corrected chi connectivity index (χ1v) is 13.3. The Balaban J connectivity index is 5.04. The monoisotopic (exact) mass is 234 g/mol. The van der Waals surface area contributed by atoms with Gasteiger partial charge in [0.1, 0.15) is 0 Å². The van der Waals surface area contributed by atoms with E-state index >= 15 is 0 Å². The Morgan fingerprint density at radius 2 is 0.909 bits per heavy atom. The van der Waals surface area contributed by atoms with Gasteiger partial charge in [0.05, 0.1) is 0 Å². The van der Waals surface area contributed by atoms with Crippen molar-refractivity contribution in [2.24, 2.45) is 0 Å². The SMILES string of the molecule is C[CH2][Ti]([Cl])([Cl])([CH2]C)([CH2]C)[CH2]C. The van der Waals surface area contributed by atoms with Crippen molar-refractivity contribution in [3.8, 4) is 0 Å². The Bertz CT molecular complexity index is 126. The van der Waals surface area contributed by atoms with Gasteiger partial charge in [-0.05, 0) is 0 Å². The first kappa shape index (κ1) is 12.3. The van der Waals surface area contributed by atoms with Crippen LogP contribution in [0, 0.1) is 0 Å². The summed E-state index contributed by atoms with van der Waals surface area (Å²) >= 11 is -3.46. The van der Waals surface area contributed by atoms with Gasteiger partial charge in [0, 0.05) is 0 Å². The summed E-state index contributed by atoms with van der Waals surface area (Å²) in [4.78, 5) is 0. The van der Waals surface area contributed by atoms with Crippen LogP contribution in [0.3, 0.4) is 0 Å². The standard InChI is InChI=1S/4C2H5.2ClH.Ti/c4*1-2;;;/h4*1H2,2H3;2*1H;/q;;;;;;+2/p-2. The van der Waals surface area contributed by atoms with Crippen LogP contribution in [0.5, 0.6) is 0 Å². The van der Waals surface area contributed by atoms with Gasteiger partial charge in [-0.1, -0.05) is 0 Å². The quantitative estimate of drug-likeness (QED) is 0.582. The Hall–Kier alpha value is 1.29. The molecule has 0 aromatic heterocycles. The molecule has 0 saturated heterocycles. The summed E-state index contributed by atoms with van der Waals surface area (Å²) in [5.41, 5.74) is 0. The predicted molar refractivity (Wildman–Crippen MR) is 53.6 cm³/mol. The Morgan fingerprint density at radius 3 is 0.909 bits per heavy atom. The van der Waals surface area contributed by atoms with Crippen LogP contribution in [0.15, 0.2) is 0 Å². The maximum absolute atomic E-state index is 6.74. The van der Waals surface area contributed by atoms with E-state index in [9.17, 15) is 0 Å². The third-order valence-electron chi connectivity index (χ3n) is 4.07. The van der Waals surface area contributed by atoms with Crippen molar-refractivity contribution in [1.29, 1.82) is 0 Å². The fourth-order valence-electron chi connectivity index (χ4n) is 1.50. The van der Waals surface area contributed by atoms with Crippen molar-refractivity contribution in [3.05, 3.63) is 0 Å². The molecule has 0 fully saturated rings. The minimum atomic E-state index is -3.46. The Morgan fingerprint density at radius 1 is 0.727 bits per heavy atom. The van der Waals surface area contributed by atoms with Crippen molar-refractivity contribution in [3.63, 3.8) is 0 Å². The van der Waals surface area contributed by atoms with Gasteiger partial charge in [-0.15, -0.1) is 0 Å². The van der Waals surface area contributed by atoms with Crippen molar-refractivity contribution in [2.75, 3.05) is 0 Å². The second kappa shape index (κ2) is 2.91. The molecule has 0 aliphatic rings. The average Bonchev–Trinajstić information content (AvgIpc) is 2.07. The Kier molecular flexibility index (Phi) is 3.25. The molecule has 0 unspecified atom stereocenters. The van der Waals surface area contributed by atoms with Crippen LogP contribution in [-0.4, -0.2) is 0 Å². The van der Waals surface area contributed by atoms with Gasteiger partial charge in [-0.25, -0.2) is 0 Å². The molecule has 70 valence electrons. The minimum absolute atomic E-state index is 0.993. The molecule has 0 aliphatic carbocycles. The molecule has 0 rings (SSSR count). The third-order valence-corrected chi connectivity index (χ3v) is 25.6. The fourth-order valence-corrected chi connectivity index (χ4v) is 6.18. The zero-order valence-electron chi connectivity index (χ0n) is 8.08. The van der Waals surface area contributed by atoms with Crippen molar-refractivity contribution in [1.82, 2.24) is 0 Å². The topological polar surface area (TPSA) is 0 Å². The molecule has 11 heavy (non-hydrogen) atoms. The summed E-state index contributed by atoms with van der Waals surface area (Å²) in [6, 6.07) is 0. The first-order chi connectivity index (χ1) is 4.80. The van der Waals surface area contributed by atoms with Gasteiger partial charge in [-0.2, -0.15) is 0 Å². The van der Waals surface area contributed by atoms with Gasteiger partial charge in [0.15, 0.2) is 0 Å². The van der Waals surface area contributed by atoms with Crippen LogP contribution in [0.2, 0.25) is 18.9 Å². The van der Waals surface area contributed by atoms with E-state index in [-0.39, 0.29) is 0 Å². The summed E-state index contributed by atoms with van der Waals surface area (Å²) in [5, 5.41) is 0. The molecule has 0 aromatic rings. The molecule has 0 amide bonds. The van der Waals surface area contributed by atoms with Crippen LogP contribution in [0.4, 0.5) is 0 Å². The van der Waals surface area contributed by atoms with Crippen molar-refractivity contribution < 1.29 is 11.9 Å². The van der Waals surface area contributed by atoms with Crippen LogP contribution < -0.4 is 0 Å². The molecule has 0 heterocycles. The molecule has 0 aromatic carbocycles. The number of rotatable bonds is 4. The van der Waals surface area contributed by atoms with Crippen molar-refractivity contribution in [2.45, 2.75) is 46.6 Å². The third kappa shape index (κ3) is 2.15. The van der Waals surface area contributed by atoms with Gasteiger partial charge in [0.2, 0.25) is 0 Å². The average molecular weight is 235 g/mol. The number of hydrogen-bond acceptors (Lipinski definition) is 0. The Labute approximate surface area is 76.8 Å². The van der Waals surface area contributed by atoms with E-state index in [0.29, 0.717) is 0 Å². The molecule has 0 aliphatic heterocycles. The molecule has 0 radical (unpaired) electrons. The summed E-state index contributed by atoms with van der Waals surface area (Å²) in [7, 11) is 13.5. The van der Waals surface area contributed by atoms with E-state index < -0.39 is 11.9 Å². The molecule has 0 saturated carbocycles. The predicted octanol–water partition coefficient (Wildman–Crippen LogP) is 5.27. The molecular formula is C8H20Cl2Ti. The van der Waals surface area contributed by atoms with E-state index in [1.807, 2.05) is 0 Å². The molecule has 0 nitrogen and oxygen atoms in total. The molecule has 3 heteroatoms. The summed E-state index contributed by atoms with van der Waals surface area (Å²) in [6.45, 7) is 8.56. The van der Waals surface area contributed by atoms with Crippen LogP contribution in [-0.2, 0) is 11.9 Å². The summed E-state index contributed by atoms with van der Waals surface area (Å²) in [6.07, 6.45) is 0. The molecule has 0 spiro atoms. The molecule has 0 bridgehead atoms. The zero-order chi connectivity index (χ0) is 9.24. The van der Waals surface area contributed by atoms with E-state index in [0.717, 1.165) is 18.9 Å². The normalized spacial score (nSPS) is 19.1. The van der Waals surface area contributed by atoms with Crippen molar-refractivity contribution >= 4 is 18.6 Å². The van der Waals surface area contributed by atoms with Crippen LogP contribution in [0.25, 0.3) is 0 Å². The summed E-state index contributed by atoms with van der Waals surface area (Å²) in [5.74, 6) is 0. The second-order valence-corrected chi connectivity index (χ2v) is 27.9. The van der Waals surface area contributed by atoms with Gasteiger partial charge in [-0.3, -0.25) is 0 Å². The fraction of sp³-hybridized carbons (Fsp3) is 1.00. The van der Waals surface area contributed by atoms with Gasteiger partial charge >= 0.3 is 77.1 Å². The van der Waals surface area contributed by atoms with E-state index in [1.54, 1.807) is 0 Å². The van der Waals surface area contributed by atoms with E-state index in [1.165, 1.54) is 0 Å². The molecule has 0 N–H and O–H groups in total. The van der Waals surface area contributed by atoms with Gasteiger partial charge < -0.3 is 0 Å². The van der Waals surface area contributed by atoms with Crippen LogP contribution >= 0.6 is 18.6 Å². The van der Waals surface area contributed by atoms with Gasteiger partial charge in [0.25, 0.3) is 0 Å². The number of hydrogen-bond donors (Lipinski definition) is 0.